The van der Waals surface area contributed by atoms with Crippen LogP contribution in [0.3, 0.4) is 0 Å². The number of hydrogen-bond donors (Lipinski definition) is 1. The Morgan fingerprint density at radius 3 is 1.92 bits per heavy atom. The Kier molecular flexibility index (Phi) is 3.47. The molecule has 0 aliphatic rings. The van der Waals surface area contributed by atoms with Crippen LogP contribution in [0.15, 0.2) is 24.3 Å². The molecule has 0 aliphatic heterocycles. The maximum atomic E-state index is 9.22. The van der Waals surface area contributed by atoms with Crippen LogP contribution < -0.4 is 0 Å². The van der Waals surface area contributed by atoms with Crippen LogP contribution in [0.1, 0.15) is 24.2 Å². The van der Waals surface area contributed by atoms with Crippen molar-refractivity contribution < 1.29 is 5.11 Å². The van der Waals surface area contributed by atoms with E-state index in [4.69, 9.17) is 34.8 Å². The molecule has 4 heteroatoms. The summed E-state index contributed by atoms with van der Waals surface area (Å²) in [6.45, 7) is 1.68. The van der Waals surface area contributed by atoms with Crippen molar-refractivity contribution in [3.8, 4) is 0 Å². The maximum absolute atomic E-state index is 9.22. The number of rotatable bonds is 1. The van der Waals surface area contributed by atoms with Crippen LogP contribution >= 0.6 is 34.8 Å². The van der Waals surface area contributed by atoms with Crippen LogP contribution in [0.5, 0.6) is 0 Å². The van der Waals surface area contributed by atoms with Gasteiger partial charge in [-0.05, 0) is 12.5 Å². The van der Waals surface area contributed by atoms with Gasteiger partial charge in [0.05, 0.1) is 6.10 Å². The topological polar surface area (TPSA) is 20.2 Å². The van der Waals surface area contributed by atoms with Gasteiger partial charge < -0.3 is 5.11 Å². The summed E-state index contributed by atoms with van der Waals surface area (Å²) in [5, 5.41) is 9.22. The first-order chi connectivity index (χ1) is 5.91. The summed E-state index contributed by atoms with van der Waals surface area (Å²) in [6, 6.07) is 6.86. The molecule has 1 unspecified atom stereocenters. The number of benzene rings is 1. The summed E-state index contributed by atoms with van der Waals surface area (Å²) in [6.07, 6.45) is -0.496. The van der Waals surface area contributed by atoms with Crippen LogP contribution in [0.4, 0.5) is 0 Å². The summed E-state index contributed by atoms with van der Waals surface area (Å²) in [4.78, 5) is 0. The van der Waals surface area contributed by atoms with Crippen molar-refractivity contribution in [2.75, 3.05) is 0 Å². The molecule has 1 atom stereocenters. The third-order valence-electron chi connectivity index (χ3n) is 1.72. The fraction of sp³-hybridized carbons (Fsp3) is 0.333. The van der Waals surface area contributed by atoms with Crippen LogP contribution in [0.25, 0.3) is 0 Å². The van der Waals surface area contributed by atoms with Crippen molar-refractivity contribution in [2.24, 2.45) is 0 Å². The minimum Gasteiger partial charge on any atom is -0.389 e. The Labute approximate surface area is 92.2 Å². The van der Waals surface area contributed by atoms with Gasteiger partial charge in [0.1, 0.15) is 0 Å². The fourth-order valence-electron chi connectivity index (χ4n) is 0.951. The molecule has 1 N–H and O–H groups in total. The van der Waals surface area contributed by atoms with Crippen molar-refractivity contribution in [1.82, 2.24) is 0 Å². The zero-order chi connectivity index (χ0) is 10.1. The number of halogens is 3. The van der Waals surface area contributed by atoms with Gasteiger partial charge in [-0.2, -0.15) is 0 Å². The van der Waals surface area contributed by atoms with E-state index in [1.165, 1.54) is 0 Å². The first-order valence-corrected chi connectivity index (χ1v) is 4.90. The highest BCUT2D eigenvalue weighted by Gasteiger charge is 2.22. The highest BCUT2D eigenvalue weighted by molar-refractivity contribution is 6.66. The van der Waals surface area contributed by atoms with Crippen molar-refractivity contribution >= 4 is 34.8 Å². The van der Waals surface area contributed by atoms with Crippen molar-refractivity contribution in [1.29, 1.82) is 0 Å². The molecular weight excluding hydrogens is 230 g/mol. The monoisotopic (exact) mass is 238 g/mol. The molecule has 1 nitrogen and oxygen atoms in total. The minimum absolute atomic E-state index is 0.496. The molecule has 72 valence electrons. The highest BCUT2D eigenvalue weighted by atomic mass is 35.6. The van der Waals surface area contributed by atoms with E-state index in [1.807, 2.05) is 0 Å². The minimum atomic E-state index is -1.39. The number of aliphatic hydroxyl groups is 1. The zero-order valence-corrected chi connectivity index (χ0v) is 9.24. The highest BCUT2D eigenvalue weighted by Crippen LogP contribution is 2.38. The van der Waals surface area contributed by atoms with Gasteiger partial charge in [-0.1, -0.05) is 59.1 Å². The normalized spacial score (nSPS) is 14.2. The first-order valence-electron chi connectivity index (χ1n) is 3.76. The van der Waals surface area contributed by atoms with Crippen LogP contribution in [-0.2, 0) is 3.79 Å². The lowest BCUT2D eigenvalue weighted by Gasteiger charge is -2.12. The molecule has 0 amide bonds. The van der Waals surface area contributed by atoms with E-state index in [0.29, 0.717) is 5.56 Å². The predicted octanol–water partition coefficient (Wildman–Crippen LogP) is 3.57. The summed E-state index contributed by atoms with van der Waals surface area (Å²) in [7, 11) is 0. The lowest BCUT2D eigenvalue weighted by Crippen LogP contribution is -2.00. The molecule has 0 spiro atoms. The predicted molar refractivity (Wildman–Crippen MR) is 56.3 cm³/mol. The smallest absolute Gasteiger partial charge is 0.216 e. The summed E-state index contributed by atoms with van der Waals surface area (Å²) in [5.41, 5.74) is 1.40. The average molecular weight is 240 g/mol. The fourth-order valence-corrected chi connectivity index (χ4v) is 1.33. The van der Waals surface area contributed by atoms with Crippen molar-refractivity contribution in [2.45, 2.75) is 16.8 Å². The second-order valence-electron chi connectivity index (χ2n) is 2.80. The molecule has 1 aromatic carbocycles. The molecular formula is C9H9Cl3O. The zero-order valence-electron chi connectivity index (χ0n) is 6.97. The van der Waals surface area contributed by atoms with E-state index in [1.54, 1.807) is 31.2 Å². The maximum Gasteiger partial charge on any atom is 0.216 e. The standard InChI is InChI=1S/C9H9Cl3O/c1-6(13)7-2-4-8(5-3-7)9(10,11)12/h2-6,13H,1H3. The van der Waals surface area contributed by atoms with Crippen molar-refractivity contribution in [3.63, 3.8) is 0 Å². The lowest BCUT2D eigenvalue weighted by atomic mass is 10.1. The molecule has 0 radical (unpaired) electrons. The SMILES string of the molecule is CC(O)c1ccc(C(Cl)(Cl)Cl)cc1. The second kappa shape index (κ2) is 4.05. The van der Waals surface area contributed by atoms with Crippen molar-refractivity contribution in [3.05, 3.63) is 35.4 Å². The van der Waals surface area contributed by atoms with E-state index in [-0.39, 0.29) is 0 Å². The largest absolute Gasteiger partial charge is 0.389 e. The summed E-state index contributed by atoms with van der Waals surface area (Å²) < 4.78 is -1.39. The van der Waals surface area contributed by atoms with E-state index >= 15 is 0 Å². The van der Waals surface area contributed by atoms with Crippen LogP contribution in [-0.4, -0.2) is 5.11 Å². The summed E-state index contributed by atoms with van der Waals surface area (Å²) in [5.74, 6) is 0. The molecule has 0 fully saturated rings. The Bertz CT molecular complexity index is 274. The lowest BCUT2D eigenvalue weighted by molar-refractivity contribution is 0.199. The van der Waals surface area contributed by atoms with Gasteiger partial charge in [0.15, 0.2) is 0 Å². The third-order valence-corrected chi connectivity index (χ3v) is 2.38. The van der Waals surface area contributed by atoms with Gasteiger partial charge in [0.25, 0.3) is 0 Å². The Balaban J connectivity index is 2.94. The third kappa shape index (κ3) is 3.03. The Morgan fingerprint density at radius 2 is 1.62 bits per heavy atom. The van der Waals surface area contributed by atoms with Gasteiger partial charge >= 0.3 is 0 Å². The number of hydrogen-bond acceptors (Lipinski definition) is 1. The molecule has 0 aromatic heterocycles. The van der Waals surface area contributed by atoms with Gasteiger partial charge in [-0.25, -0.2) is 0 Å². The van der Waals surface area contributed by atoms with Gasteiger partial charge in [-0.3, -0.25) is 0 Å². The van der Waals surface area contributed by atoms with Gasteiger partial charge in [0, 0.05) is 5.56 Å². The molecule has 0 bridgehead atoms. The van der Waals surface area contributed by atoms with E-state index in [0.717, 1.165) is 5.56 Å². The first kappa shape index (κ1) is 11.1. The Morgan fingerprint density at radius 1 is 1.15 bits per heavy atom. The van der Waals surface area contributed by atoms with E-state index in [2.05, 4.69) is 0 Å². The molecule has 1 rings (SSSR count). The Hall–Kier alpha value is 0.0500. The number of aliphatic hydroxyl groups excluding tert-OH is 1. The van der Waals surface area contributed by atoms with Gasteiger partial charge in [-0.15, -0.1) is 0 Å². The average Bonchev–Trinajstić information content (AvgIpc) is 2.03. The molecule has 13 heavy (non-hydrogen) atoms. The number of alkyl halides is 3. The van der Waals surface area contributed by atoms with E-state index in [9.17, 15) is 5.11 Å². The quantitative estimate of drug-likeness (QED) is 0.743. The van der Waals surface area contributed by atoms with E-state index < -0.39 is 9.90 Å². The van der Waals surface area contributed by atoms with Crippen LogP contribution in [0, 0.1) is 0 Å². The molecule has 1 aromatic rings. The molecule has 0 saturated heterocycles. The molecule has 0 saturated carbocycles. The second-order valence-corrected chi connectivity index (χ2v) is 5.08. The van der Waals surface area contributed by atoms with Crippen LogP contribution in [0.2, 0.25) is 0 Å². The summed E-state index contributed by atoms with van der Waals surface area (Å²) >= 11 is 17.0. The van der Waals surface area contributed by atoms with Gasteiger partial charge in [0.2, 0.25) is 3.79 Å². The molecule has 0 heterocycles. The molecule has 0 aliphatic carbocycles.